The van der Waals surface area contributed by atoms with Crippen LogP contribution in [0.15, 0.2) is 22.7 Å². The van der Waals surface area contributed by atoms with E-state index in [4.69, 9.17) is 10.5 Å². The number of halogens is 1. The van der Waals surface area contributed by atoms with Gasteiger partial charge in [0.15, 0.2) is 0 Å². The van der Waals surface area contributed by atoms with E-state index in [0.717, 1.165) is 23.1 Å². The van der Waals surface area contributed by atoms with Gasteiger partial charge in [-0.05, 0) is 40.5 Å². The highest BCUT2D eigenvalue weighted by atomic mass is 79.9. The molecule has 0 aliphatic carbocycles. The van der Waals surface area contributed by atoms with Crippen molar-refractivity contribution in [1.82, 2.24) is 0 Å². The summed E-state index contributed by atoms with van der Waals surface area (Å²) >= 11 is 3.47. The number of nitrogens with two attached hydrogens (primary N) is 1. The van der Waals surface area contributed by atoms with Crippen molar-refractivity contribution in [1.29, 1.82) is 0 Å². The quantitative estimate of drug-likeness (QED) is 0.861. The third kappa shape index (κ3) is 1.71. The molecule has 1 aromatic carbocycles. The summed E-state index contributed by atoms with van der Waals surface area (Å²) in [6.45, 7) is 0.691. The van der Waals surface area contributed by atoms with Crippen molar-refractivity contribution in [3.8, 4) is 5.75 Å². The van der Waals surface area contributed by atoms with Gasteiger partial charge in [-0.25, -0.2) is 0 Å². The van der Waals surface area contributed by atoms with E-state index in [1.165, 1.54) is 5.56 Å². The first kappa shape index (κ1) is 9.03. The van der Waals surface area contributed by atoms with Crippen molar-refractivity contribution in [2.24, 2.45) is 5.73 Å². The van der Waals surface area contributed by atoms with Crippen LogP contribution in [0.25, 0.3) is 0 Å². The molecule has 2 N–H and O–H groups in total. The molecule has 1 atom stereocenters. The summed E-state index contributed by atoms with van der Waals surface area (Å²) < 4.78 is 6.80. The highest BCUT2D eigenvalue weighted by Gasteiger charge is 2.23. The van der Waals surface area contributed by atoms with Gasteiger partial charge in [-0.2, -0.15) is 0 Å². The second-order valence-corrected chi connectivity index (χ2v) is 4.10. The molecule has 70 valence electrons. The number of benzene rings is 1. The zero-order valence-electron chi connectivity index (χ0n) is 7.29. The zero-order chi connectivity index (χ0) is 9.26. The van der Waals surface area contributed by atoms with E-state index >= 15 is 0 Å². The average Bonchev–Trinajstić information content (AvgIpc) is 2.49. The van der Waals surface area contributed by atoms with Crippen LogP contribution in [0.5, 0.6) is 5.75 Å². The lowest BCUT2D eigenvalue weighted by Crippen LogP contribution is -2.17. The van der Waals surface area contributed by atoms with Gasteiger partial charge >= 0.3 is 0 Å². The molecule has 1 aromatic rings. The van der Waals surface area contributed by atoms with E-state index in [-0.39, 0.29) is 6.10 Å². The largest absolute Gasteiger partial charge is 0.489 e. The van der Waals surface area contributed by atoms with E-state index in [0.29, 0.717) is 6.54 Å². The molecule has 2 nitrogen and oxygen atoms in total. The number of fused-ring (bicyclic) bond motifs is 1. The molecule has 0 bridgehead atoms. The summed E-state index contributed by atoms with van der Waals surface area (Å²) in [5.74, 6) is 1.00. The summed E-state index contributed by atoms with van der Waals surface area (Å²) in [4.78, 5) is 0. The topological polar surface area (TPSA) is 35.2 Å². The maximum Gasteiger partial charge on any atom is 0.137 e. The van der Waals surface area contributed by atoms with Crippen LogP contribution < -0.4 is 10.5 Å². The molecule has 0 radical (unpaired) electrons. The maximum absolute atomic E-state index is 5.75. The van der Waals surface area contributed by atoms with Crippen molar-refractivity contribution < 1.29 is 4.74 Å². The van der Waals surface area contributed by atoms with Gasteiger partial charge in [0.05, 0.1) is 4.47 Å². The van der Waals surface area contributed by atoms with Crippen LogP contribution in [0, 0.1) is 0 Å². The fraction of sp³-hybridized carbons (Fsp3) is 0.400. The molecule has 1 aliphatic rings. The molecule has 1 heterocycles. The SMILES string of the molecule is NCCC1Cc2cccc(Br)c2O1. The lowest BCUT2D eigenvalue weighted by Gasteiger charge is -2.08. The van der Waals surface area contributed by atoms with Crippen molar-refractivity contribution >= 4 is 15.9 Å². The molecule has 13 heavy (non-hydrogen) atoms. The first-order chi connectivity index (χ1) is 6.31. The maximum atomic E-state index is 5.75. The van der Waals surface area contributed by atoms with Crippen LogP contribution in [-0.2, 0) is 6.42 Å². The Morgan fingerprint density at radius 3 is 3.08 bits per heavy atom. The molecule has 3 heteroatoms. The third-order valence-electron chi connectivity index (χ3n) is 2.27. The number of hydrogen-bond donors (Lipinski definition) is 1. The Bertz CT molecular complexity index is 314. The summed E-state index contributed by atoms with van der Waals surface area (Å²) in [6, 6.07) is 6.15. The second-order valence-electron chi connectivity index (χ2n) is 3.25. The van der Waals surface area contributed by atoms with Crippen LogP contribution in [0.2, 0.25) is 0 Å². The van der Waals surface area contributed by atoms with E-state index < -0.39 is 0 Å². The minimum Gasteiger partial charge on any atom is -0.489 e. The minimum atomic E-state index is 0.277. The van der Waals surface area contributed by atoms with Crippen LogP contribution >= 0.6 is 15.9 Å². The van der Waals surface area contributed by atoms with Crippen LogP contribution in [0.4, 0.5) is 0 Å². The monoisotopic (exact) mass is 241 g/mol. The summed E-state index contributed by atoms with van der Waals surface area (Å²) in [7, 11) is 0. The molecule has 0 saturated carbocycles. The van der Waals surface area contributed by atoms with Crippen molar-refractivity contribution in [2.45, 2.75) is 18.9 Å². The average molecular weight is 242 g/mol. The third-order valence-corrected chi connectivity index (χ3v) is 2.89. The number of hydrogen-bond acceptors (Lipinski definition) is 2. The highest BCUT2D eigenvalue weighted by molar-refractivity contribution is 9.10. The molecular formula is C10H12BrNO. The Kier molecular flexibility index (Phi) is 2.56. The van der Waals surface area contributed by atoms with Crippen molar-refractivity contribution in [3.05, 3.63) is 28.2 Å². The van der Waals surface area contributed by atoms with Crippen molar-refractivity contribution in [3.63, 3.8) is 0 Å². The summed E-state index contributed by atoms with van der Waals surface area (Å²) in [5, 5.41) is 0. The highest BCUT2D eigenvalue weighted by Crippen LogP contribution is 2.36. The van der Waals surface area contributed by atoms with Crippen LogP contribution in [0.1, 0.15) is 12.0 Å². The van der Waals surface area contributed by atoms with Gasteiger partial charge in [-0.1, -0.05) is 12.1 Å². The van der Waals surface area contributed by atoms with E-state index in [2.05, 4.69) is 22.0 Å². The van der Waals surface area contributed by atoms with Crippen LogP contribution in [0.3, 0.4) is 0 Å². The molecule has 2 rings (SSSR count). The molecule has 0 fully saturated rings. The van der Waals surface area contributed by atoms with Crippen LogP contribution in [-0.4, -0.2) is 12.6 Å². The Balaban J connectivity index is 2.20. The first-order valence-corrected chi connectivity index (χ1v) is 5.24. The Hall–Kier alpha value is -0.540. The van der Waals surface area contributed by atoms with Gasteiger partial charge in [0.1, 0.15) is 11.9 Å². The minimum absolute atomic E-state index is 0.277. The lowest BCUT2D eigenvalue weighted by molar-refractivity contribution is 0.223. The van der Waals surface area contributed by atoms with Gasteiger partial charge in [0, 0.05) is 6.42 Å². The molecular weight excluding hydrogens is 230 g/mol. The molecule has 1 unspecified atom stereocenters. The molecule has 0 aromatic heterocycles. The van der Waals surface area contributed by atoms with Gasteiger partial charge in [-0.3, -0.25) is 0 Å². The number of ether oxygens (including phenoxy) is 1. The van der Waals surface area contributed by atoms with E-state index in [1.54, 1.807) is 0 Å². The standard InChI is InChI=1S/C10H12BrNO/c11-9-3-1-2-7-6-8(4-5-12)13-10(7)9/h1-3,8H,4-6,12H2. The summed E-state index contributed by atoms with van der Waals surface area (Å²) in [6.07, 6.45) is 2.20. The fourth-order valence-electron chi connectivity index (χ4n) is 1.65. The van der Waals surface area contributed by atoms with Crippen molar-refractivity contribution in [2.75, 3.05) is 6.54 Å². The smallest absolute Gasteiger partial charge is 0.137 e. The second kappa shape index (κ2) is 3.68. The Morgan fingerprint density at radius 1 is 1.54 bits per heavy atom. The van der Waals surface area contributed by atoms with E-state index in [1.807, 2.05) is 12.1 Å². The lowest BCUT2D eigenvalue weighted by atomic mass is 10.1. The molecule has 1 aliphatic heterocycles. The predicted molar refractivity (Wildman–Crippen MR) is 55.9 cm³/mol. The van der Waals surface area contributed by atoms with E-state index in [9.17, 15) is 0 Å². The normalized spacial score (nSPS) is 19.7. The Labute approximate surface area is 86.2 Å². The van der Waals surface area contributed by atoms with Gasteiger partial charge in [-0.15, -0.1) is 0 Å². The predicted octanol–water partition coefficient (Wildman–Crippen LogP) is 2.10. The molecule has 0 spiro atoms. The zero-order valence-corrected chi connectivity index (χ0v) is 8.88. The van der Waals surface area contributed by atoms with Gasteiger partial charge in [0.2, 0.25) is 0 Å². The number of rotatable bonds is 2. The first-order valence-electron chi connectivity index (χ1n) is 4.45. The molecule has 0 amide bonds. The molecule has 0 saturated heterocycles. The summed E-state index contributed by atoms with van der Waals surface area (Å²) in [5.41, 5.74) is 6.77. The number of para-hydroxylation sites is 1. The fourth-order valence-corrected chi connectivity index (χ4v) is 2.15. The van der Waals surface area contributed by atoms with Gasteiger partial charge in [0.25, 0.3) is 0 Å². The van der Waals surface area contributed by atoms with Gasteiger partial charge < -0.3 is 10.5 Å². The Morgan fingerprint density at radius 2 is 2.38 bits per heavy atom.